The zero-order chi connectivity index (χ0) is 25.4. The van der Waals surface area contributed by atoms with E-state index in [0.717, 1.165) is 24.4 Å². The van der Waals surface area contributed by atoms with Crippen molar-refractivity contribution in [3.05, 3.63) is 71.4 Å². The topological polar surface area (TPSA) is 106 Å². The SMILES string of the molecule is O=C(Cc1cccc(C(F)(F)F)c1F)Nc1cnc(-n2cnc(C3CS(=O)(=O)CCN3)c2)c(F)c1. The minimum absolute atomic E-state index is 0.0218. The van der Waals surface area contributed by atoms with Gasteiger partial charge in [0.1, 0.15) is 12.1 Å². The molecule has 0 radical (unpaired) electrons. The van der Waals surface area contributed by atoms with Gasteiger partial charge >= 0.3 is 6.18 Å². The first-order valence-corrected chi connectivity index (χ1v) is 12.0. The average Bonchev–Trinajstić information content (AvgIpc) is 3.24. The Morgan fingerprint density at radius 3 is 2.69 bits per heavy atom. The van der Waals surface area contributed by atoms with Gasteiger partial charge in [-0.15, -0.1) is 0 Å². The fourth-order valence-corrected chi connectivity index (χ4v) is 5.00. The Hall–Kier alpha value is -3.39. The molecule has 186 valence electrons. The van der Waals surface area contributed by atoms with E-state index in [2.05, 4.69) is 20.6 Å². The minimum atomic E-state index is -4.91. The van der Waals surface area contributed by atoms with Crippen LogP contribution in [-0.2, 0) is 27.2 Å². The van der Waals surface area contributed by atoms with Gasteiger partial charge in [0.2, 0.25) is 5.91 Å². The number of nitrogens with zero attached hydrogens (tertiary/aromatic N) is 3. The molecule has 1 unspecified atom stereocenters. The fraction of sp³-hybridized carbons (Fsp3) is 0.286. The van der Waals surface area contributed by atoms with Crippen molar-refractivity contribution in [3.63, 3.8) is 0 Å². The molecule has 35 heavy (non-hydrogen) atoms. The van der Waals surface area contributed by atoms with E-state index in [4.69, 9.17) is 0 Å². The van der Waals surface area contributed by atoms with Crippen LogP contribution >= 0.6 is 0 Å². The minimum Gasteiger partial charge on any atom is -0.324 e. The molecule has 1 amide bonds. The van der Waals surface area contributed by atoms with Crippen LogP contribution in [-0.4, -0.2) is 46.9 Å². The summed E-state index contributed by atoms with van der Waals surface area (Å²) in [5.74, 6) is -3.58. The molecule has 2 aromatic heterocycles. The van der Waals surface area contributed by atoms with E-state index in [1.807, 2.05) is 0 Å². The van der Waals surface area contributed by atoms with Crippen LogP contribution < -0.4 is 10.6 Å². The lowest BCUT2D eigenvalue weighted by atomic mass is 10.1. The van der Waals surface area contributed by atoms with Crippen LogP contribution in [0.5, 0.6) is 0 Å². The highest BCUT2D eigenvalue weighted by molar-refractivity contribution is 7.91. The predicted octanol–water partition coefficient (Wildman–Crippen LogP) is 2.80. The van der Waals surface area contributed by atoms with Crippen LogP contribution in [0.3, 0.4) is 0 Å². The summed E-state index contributed by atoms with van der Waals surface area (Å²) in [6, 6.07) is 3.00. The van der Waals surface area contributed by atoms with Crippen molar-refractivity contribution in [2.45, 2.75) is 18.6 Å². The van der Waals surface area contributed by atoms with Crippen molar-refractivity contribution >= 4 is 21.4 Å². The summed E-state index contributed by atoms with van der Waals surface area (Å²) >= 11 is 0. The highest BCUT2D eigenvalue weighted by Gasteiger charge is 2.35. The van der Waals surface area contributed by atoms with Gasteiger partial charge in [0.15, 0.2) is 21.5 Å². The van der Waals surface area contributed by atoms with Gasteiger partial charge in [-0.1, -0.05) is 12.1 Å². The molecule has 0 saturated carbocycles. The van der Waals surface area contributed by atoms with Crippen molar-refractivity contribution in [1.82, 2.24) is 19.9 Å². The van der Waals surface area contributed by atoms with Gasteiger partial charge in [0, 0.05) is 18.8 Å². The second-order valence-electron chi connectivity index (χ2n) is 7.86. The lowest BCUT2D eigenvalue weighted by Gasteiger charge is -2.21. The van der Waals surface area contributed by atoms with Gasteiger partial charge in [0.25, 0.3) is 0 Å². The summed E-state index contributed by atoms with van der Waals surface area (Å²) in [5.41, 5.74) is -1.66. The molecule has 0 spiro atoms. The summed E-state index contributed by atoms with van der Waals surface area (Å²) in [5, 5.41) is 5.30. The standard InChI is InChI=1S/C21H18F5N5O3S/c22-15-7-13(30-18(32)6-12-2-1-3-14(19(12)23)21(24,25)26)8-28-20(15)31-9-16(29-11-31)17-10-35(33,34)5-4-27-17/h1-3,7-9,11,17,27H,4-6,10H2,(H,30,32). The molecule has 1 atom stereocenters. The lowest BCUT2D eigenvalue weighted by Crippen LogP contribution is -2.39. The number of rotatable bonds is 5. The lowest BCUT2D eigenvalue weighted by molar-refractivity contribution is -0.140. The Balaban J connectivity index is 1.46. The molecule has 1 aliphatic rings. The second kappa shape index (κ2) is 9.34. The van der Waals surface area contributed by atoms with Crippen LogP contribution in [0.2, 0.25) is 0 Å². The van der Waals surface area contributed by atoms with Gasteiger partial charge in [-0.3, -0.25) is 9.36 Å². The number of halogens is 5. The Labute approximate surface area is 196 Å². The molecule has 3 heterocycles. The highest BCUT2D eigenvalue weighted by atomic mass is 32.2. The molecule has 3 aromatic rings. The number of hydrogen-bond donors (Lipinski definition) is 2. The van der Waals surface area contributed by atoms with Crippen LogP contribution in [0.15, 0.2) is 43.0 Å². The zero-order valence-corrected chi connectivity index (χ0v) is 18.6. The van der Waals surface area contributed by atoms with E-state index in [0.29, 0.717) is 11.8 Å². The number of imidazole rings is 1. The van der Waals surface area contributed by atoms with E-state index in [1.165, 1.54) is 17.1 Å². The van der Waals surface area contributed by atoms with Crippen molar-refractivity contribution in [2.24, 2.45) is 0 Å². The molecule has 1 fully saturated rings. The van der Waals surface area contributed by atoms with Crippen LogP contribution in [0.1, 0.15) is 22.9 Å². The quantitative estimate of drug-likeness (QED) is 0.507. The second-order valence-corrected chi connectivity index (χ2v) is 10.1. The van der Waals surface area contributed by atoms with Gasteiger partial charge < -0.3 is 10.6 Å². The van der Waals surface area contributed by atoms with Crippen molar-refractivity contribution in [2.75, 3.05) is 23.4 Å². The Morgan fingerprint density at radius 2 is 2.00 bits per heavy atom. The van der Waals surface area contributed by atoms with Gasteiger partial charge in [-0.05, 0) is 11.6 Å². The van der Waals surface area contributed by atoms with Gasteiger partial charge in [-0.2, -0.15) is 13.2 Å². The highest BCUT2D eigenvalue weighted by Crippen LogP contribution is 2.32. The summed E-state index contributed by atoms with van der Waals surface area (Å²) < 4.78 is 92.3. The first kappa shape index (κ1) is 24.7. The number of alkyl halides is 3. The number of anilines is 1. The number of hydrogen-bond acceptors (Lipinski definition) is 6. The third-order valence-electron chi connectivity index (χ3n) is 5.27. The Kier molecular flexibility index (Phi) is 6.60. The van der Waals surface area contributed by atoms with Crippen molar-refractivity contribution in [1.29, 1.82) is 0 Å². The van der Waals surface area contributed by atoms with Gasteiger partial charge in [-0.25, -0.2) is 27.2 Å². The zero-order valence-electron chi connectivity index (χ0n) is 17.8. The molecule has 4 rings (SSSR count). The molecular formula is C21H18F5N5O3S. The monoisotopic (exact) mass is 515 g/mol. The van der Waals surface area contributed by atoms with Gasteiger partial charge in [0.05, 0.1) is 47.1 Å². The molecular weight excluding hydrogens is 497 g/mol. The molecule has 1 saturated heterocycles. The van der Waals surface area contributed by atoms with Crippen molar-refractivity contribution < 1.29 is 35.2 Å². The van der Waals surface area contributed by atoms with Crippen LogP contribution in [0, 0.1) is 11.6 Å². The summed E-state index contributed by atoms with van der Waals surface area (Å²) in [6.07, 6.45) is -1.81. The first-order chi connectivity index (χ1) is 16.4. The predicted molar refractivity (Wildman–Crippen MR) is 114 cm³/mol. The molecule has 0 aliphatic carbocycles. The first-order valence-electron chi connectivity index (χ1n) is 10.2. The van der Waals surface area contributed by atoms with E-state index >= 15 is 0 Å². The summed E-state index contributed by atoms with van der Waals surface area (Å²) in [7, 11) is -3.22. The smallest absolute Gasteiger partial charge is 0.324 e. The van der Waals surface area contributed by atoms with E-state index in [-0.39, 0.29) is 29.6 Å². The molecule has 8 nitrogen and oxygen atoms in total. The maximum atomic E-state index is 14.7. The number of aromatic nitrogens is 3. The molecule has 2 N–H and O–H groups in total. The van der Waals surface area contributed by atoms with E-state index in [1.54, 1.807) is 0 Å². The number of amides is 1. The summed E-state index contributed by atoms with van der Waals surface area (Å²) in [4.78, 5) is 20.3. The Morgan fingerprint density at radius 1 is 1.23 bits per heavy atom. The van der Waals surface area contributed by atoms with E-state index < -0.39 is 57.1 Å². The van der Waals surface area contributed by atoms with Crippen molar-refractivity contribution in [3.8, 4) is 5.82 Å². The number of pyridine rings is 1. The van der Waals surface area contributed by atoms with E-state index in [9.17, 15) is 35.2 Å². The maximum absolute atomic E-state index is 14.7. The summed E-state index contributed by atoms with van der Waals surface area (Å²) in [6.45, 7) is 0.269. The molecule has 1 aromatic carbocycles. The normalized spacial score (nSPS) is 17.8. The number of carbonyl (C=O) groups excluding carboxylic acids is 1. The Bertz CT molecular complexity index is 1370. The number of benzene rings is 1. The largest absolute Gasteiger partial charge is 0.419 e. The number of carbonyl (C=O) groups is 1. The number of nitrogens with one attached hydrogen (secondary N) is 2. The molecule has 0 bridgehead atoms. The van der Waals surface area contributed by atoms with Crippen LogP contribution in [0.25, 0.3) is 5.82 Å². The third kappa shape index (κ3) is 5.65. The third-order valence-corrected chi connectivity index (χ3v) is 6.94. The average molecular weight is 515 g/mol. The van der Waals surface area contributed by atoms with Crippen LogP contribution in [0.4, 0.5) is 27.6 Å². The fourth-order valence-electron chi connectivity index (χ4n) is 3.61. The number of sulfone groups is 1. The molecule has 1 aliphatic heterocycles. The maximum Gasteiger partial charge on any atom is 0.419 e. The molecule has 14 heteroatoms.